The van der Waals surface area contributed by atoms with Crippen molar-refractivity contribution in [1.82, 2.24) is 4.31 Å². The van der Waals surface area contributed by atoms with Gasteiger partial charge in [-0.3, -0.25) is 4.31 Å². The summed E-state index contributed by atoms with van der Waals surface area (Å²) in [6.07, 6.45) is 4.11. The van der Waals surface area contributed by atoms with Gasteiger partial charge < -0.3 is 0 Å². The minimum Gasteiger partial charge on any atom is -0.270 e. The zero-order valence-electron chi connectivity index (χ0n) is 14.2. The predicted octanol–water partition coefficient (Wildman–Crippen LogP) is 4.52. The lowest BCUT2D eigenvalue weighted by Crippen LogP contribution is -2.30. The molecule has 0 heterocycles. The van der Waals surface area contributed by atoms with Crippen LogP contribution in [0.25, 0.3) is 11.8 Å². The van der Waals surface area contributed by atoms with Crippen LogP contribution in [0.1, 0.15) is 30.9 Å². The first-order valence-corrected chi connectivity index (χ1v) is 9.87. The van der Waals surface area contributed by atoms with Crippen molar-refractivity contribution in [3.8, 4) is 0 Å². The molecule has 25 heavy (non-hydrogen) atoms. The molecule has 3 nitrogen and oxygen atoms in total. The van der Waals surface area contributed by atoms with Gasteiger partial charge in [-0.2, -0.15) is 0 Å². The highest BCUT2D eigenvalue weighted by Gasteiger charge is 2.23. The molecule has 0 aliphatic rings. The Kier molecular flexibility index (Phi) is 6.31. The Balaban J connectivity index is 2.64. The molecule has 2 rings (SSSR count). The van der Waals surface area contributed by atoms with E-state index in [-0.39, 0.29) is 17.8 Å². The van der Waals surface area contributed by atoms with Crippen molar-refractivity contribution in [2.75, 3.05) is 12.8 Å². The lowest BCUT2D eigenvalue weighted by Gasteiger charge is -2.26. The third-order valence-corrected chi connectivity index (χ3v) is 4.87. The fourth-order valence-corrected chi connectivity index (χ4v) is 3.42. The quantitative estimate of drug-likeness (QED) is 0.676. The summed E-state index contributed by atoms with van der Waals surface area (Å²) >= 11 is 0. The molecule has 0 saturated carbocycles. The summed E-state index contributed by atoms with van der Waals surface area (Å²) in [6, 6.07) is 12.2. The van der Waals surface area contributed by atoms with Crippen LogP contribution >= 0.6 is 0 Å². The molecule has 0 saturated heterocycles. The van der Waals surface area contributed by atoms with E-state index < -0.39 is 21.7 Å². The van der Waals surface area contributed by atoms with E-state index >= 15 is 0 Å². The molecule has 2 aromatic rings. The van der Waals surface area contributed by atoms with Crippen LogP contribution in [-0.2, 0) is 10.0 Å². The summed E-state index contributed by atoms with van der Waals surface area (Å²) < 4.78 is 53.5. The lowest BCUT2D eigenvalue weighted by molar-refractivity contribution is 0.502. The van der Waals surface area contributed by atoms with Crippen molar-refractivity contribution in [3.63, 3.8) is 0 Å². The molecular formula is C19H21F2NO2S. The van der Waals surface area contributed by atoms with Gasteiger partial charge in [0.25, 0.3) is 0 Å². The van der Waals surface area contributed by atoms with Crippen molar-refractivity contribution >= 4 is 21.8 Å². The molecule has 134 valence electrons. The van der Waals surface area contributed by atoms with E-state index in [1.165, 1.54) is 10.4 Å². The summed E-state index contributed by atoms with van der Waals surface area (Å²) in [5.74, 6) is -1.51. The topological polar surface area (TPSA) is 37.4 Å². The number of nitrogens with zero attached hydrogens (tertiary/aromatic N) is 1. The average Bonchev–Trinajstić information content (AvgIpc) is 2.54. The van der Waals surface area contributed by atoms with Gasteiger partial charge in [-0.05, 0) is 30.2 Å². The fourth-order valence-electron chi connectivity index (χ4n) is 2.46. The summed E-state index contributed by atoms with van der Waals surface area (Å²) in [5.41, 5.74) is 0.970. The van der Waals surface area contributed by atoms with Gasteiger partial charge >= 0.3 is 0 Å². The van der Waals surface area contributed by atoms with Gasteiger partial charge in [0.1, 0.15) is 11.6 Å². The Hall–Kier alpha value is -2.21. The molecule has 0 spiro atoms. The SMILES string of the molecule is CCCCN(/C(=C/c1ccccc1)c1ccc(F)cc1F)S(C)(=O)=O. The summed E-state index contributed by atoms with van der Waals surface area (Å²) in [5, 5.41) is 0. The average molecular weight is 365 g/mol. The number of unbranched alkanes of at least 4 members (excludes halogenated alkanes) is 1. The second-order valence-electron chi connectivity index (χ2n) is 5.75. The monoisotopic (exact) mass is 365 g/mol. The van der Waals surface area contributed by atoms with E-state index in [9.17, 15) is 17.2 Å². The van der Waals surface area contributed by atoms with Crippen molar-refractivity contribution in [2.45, 2.75) is 19.8 Å². The highest BCUT2D eigenvalue weighted by molar-refractivity contribution is 7.88. The normalized spacial score (nSPS) is 12.2. The zero-order valence-corrected chi connectivity index (χ0v) is 15.1. The Morgan fingerprint density at radius 2 is 1.80 bits per heavy atom. The van der Waals surface area contributed by atoms with E-state index in [2.05, 4.69) is 0 Å². The molecule has 6 heteroatoms. The molecule has 0 aliphatic carbocycles. The van der Waals surface area contributed by atoms with Crippen LogP contribution in [0.3, 0.4) is 0 Å². The minimum absolute atomic E-state index is 0.0479. The fraction of sp³-hybridized carbons (Fsp3) is 0.263. The largest absolute Gasteiger partial charge is 0.270 e. The van der Waals surface area contributed by atoms with Crippen LogP contribution in [0.4, 0.5) is 8.78 Å². The smallest absolute Gasteiger partial charge is 0.232 e. The van der Waals surface area contributed by atoms with Crippen molar-refractivity contribution in [1.29, 1.82) is 0 Å². The second-order valence-corrected chi connectivity index (χ2v) is 7.66. The van der Waals surface area contributed by atoms with Gasteiger partial charge in [0.2, 0.25) is 10.0 Å². The first-order chi connectivity index (χ1) is 11.8. The first-order valence-electron chi connectivity index (χ1n) is 8.03. The number of hydrogen-bond donors (Lipinski definition) is 0. The van der Waals surface area contributed by atoms with Gasteiger partial charge in [0.15, 0.2) is 0 Å². The van der Waals surface area contributed by atoms with E-state index in [1.54, 1.807) is 30.3 Å². The van der Waals surface area contributed by atoms with Crippen LogP contribution in [0.15, 0.2) is 48.5 Å². The van der Waals surface area contributed by atoms with Gasteiger partial charge in [0.05, 0.1) is 12.0 Å². The van der Waals surface area contributed by atoms with Gasteiger partial charge in [-0.25, -0.2) is 17.2 Å². The second kappa shape index (κ2) is 8.25. The maximum Gasteiger partial charge on any atom is 0.232 e. The van der Waals surface area contributed by atoms with Crippen LogP contribution in [0.5, 0.6) is 0 Å². The molecule has 0 aromatic heterocycles. The number of benzene rings is 2. The van der Waals surface area contributed by atoms with E-state index in [4.69, 9.17) is 0 Å². The Morgan fingerprint density at radius 1 is 1.12 bits per heavy atom. The number of hydrogen-bond acceptors (Lipinski definition) is 2. The molecule has 0 radical (unpaired) electrons. The van der Waals surface area contributed by atoms with Crippen molar-refractivity contribution in [3.05, 3.63) is 71.3 Å². The summed E-state index contributed by atoms with van der Waals surface area (Å²) in [6.45, 7) is 2.17. The van der Waals surface area contributed by atoms with Gasteiger partial charge in [0, 0.05) is 18.2 Å². The molecule has 0 amide bonds. The minimum atomic E-state index is -3.63. The maximum atomic E-state index is 14.4. The number of sulfonamides is 1. The third kappa shape index (κ3) is 5.13. The van der Waals surface area contributed by atoms with Crippen LogP contribution < -0.4 is 0 Å². The van der Waals surface area contributed by atoms with Crippen LogP contribution in [0.2, 0.25) is 0 Å². The van der Waals surface area contributed by atoms with Crippen molar-refractivity contribution < 1.29 is 17.2 Å². The maximum absolute atomic E-state index is 14.4. The first kappa shape index (κ1) is 19.1. The Labute approximate surface area is 147 Å². The van der Waals surface area contributed by atoms with Crippen molar-refractivity contribution in [2.24, 2.45) is 0 Å². The third-order valence-electron chi connectivity index (χ3n) is 3.69. The predicted molar refractivity (Wildman–Crippen MR) is 97.1 cm³/mol. The van der Waals surface area contributed by atoms with Gasteiger partial charge in [-0.15, -0.1) is 0 Å². The molecule has 0 N–H and O–H groups in total. The Morgan fingerprint density at radius 3 is 2.36 bits per heavy atom. The number of halogens is 2. The van der Waals surface area contributed by atoms with E-state index in [0.29, 0.717) is 6.42 Å². The summed E-state index contributed by atoms with van der Waals surface area (Å²) in [7, 11) is -3.63. The molecule has 0 unspecified atom stereocenters. The van der Waals surface area contributed by atoms with E-state index in [0.717, 1.165) is 30.4 Å². The standard InChI is InChI=1S/C19H21F2NO2S/c1-3-4-12-22(25(2,23)24)19(13-15-8-6-5-7-9-15)17-11-10-16(20)14-18(17)21/h5-11,13-14H,3-4,12H2,1-2H3/b19-13+. The van der Waals surface area contributed by atoms with Gasteiger partial charge in [-0.1, -0.05) is 43.7 Å². The molecule has 0 aliphatic heterocycles. The molecule has 0 atom stereocenters. The molecular weight excluding hydrogens is 344 g/mol. The molecule has 2 aromatic carbocycles. The van der Waals surface area contributed by atoms with E-state index in [1.807, 2.05) is 13.0 Å². The highest BCUT2D eigenvalue weighted by Crippen LogP contribution is 2.28. The number of rotatable bonds is 7. The zero-order chi connectivity index (χ0) is 18.4. The molecule has 0 fully saturated rings. The Bertz CT molecular complexity index is 849. The van der Waals surface area contributed by atoms with Crippen LogP contribution in [0, 0.1) is 11.6 Å². The highest BCUT2D eigenvalue weighted by atomic mass is 32.2. The van der Waals surface area contributed by atoms with Crippen LogP contribution in [-0.4, -0.2) is 25.5 Å². The molecule has 0 bridgehead atoms. The summed E-state index contributed by atoms with van der Waals surface area (Å²) in [4.78, 5) is 0. The lowest BCUT2D eigenvalue weighted by atomic mass is 10.1.